The second-order valence-electron chi connectivity index (χ2n) is 3.46. The van der Waals surface area contributed by atoms with Gasteiger partial charge in [-0.05, 0) is 19.3 Å². The van der Waals surface area contributed by atoms with Crippen molar-refractivity contribution in [3.05, 3.63) is 12.2 Å². The van der Waals surface area contributed by atoms with Crippen LogP contribution in [0.1, 0.15) is 19.3 Å². The van der Waals surface area contributed by atoms with Gasteiger partial charge in [0, 0.05) is 0 Å². The summed E-state index contributed by atoms with van der Waals surface area (Å²) >= 11 is 0. The quantitative estimate of drug-likeness (QED) is 0.537. The summed E-state index contributed by atoms with van der Waals surface area (Å²) in [4.78, 5) is 0. The third-order valence-corrected chi connectivity index (χ3v) is 2.28. The van der Waals surface area contributed by atoms with Gasteiger partial charge >= 0.3 is 6.18 Å². The topological polar surface area (TPSA) is 23.8 Å². The fourth-order valence-corrected chi connectivity index (χ4v) is 1.64. The van der Waals surface area contributed by atoms with Crippen molar-refractivity contribution in [1.29, 1.82) is 5.26 Å². The number of hydrogen-bond acceptors (Lipinski definition) is 1. The Hall–Kier alpha value is -0.980. The molecule has 72 valence electrons. The van der Waals surface area contributed by atoms with E-state index in [0.717, 1.165) is 0 Å². The van der Waals surface area contributed by atoms with Gasteiger partial charge in [0.1, 0.15) is 0 Å². The fraction of sp³-hybridized carbons (Fsp3) is 0.667. The molecule has 0 N–H and O–H groups in total. The van der Waals surface area contributed by atoms with Gasteiger partial charge in [0.15, 0.2) is 0 Å². The van der Waals surface area contributed by atoms with E-state index in [-0.39, 0.29) is 12.8 Å². The largest absolute Gasteiger partial charge is 0.392 e. The summed E-state index contributed by atoms with van der Waals surface area (Å²) in [6.45, 7) is 3.52. The standard InChI is InChI=1S/C9H10F3N/c1-6-2-7(5-13)4-8(3-6)9(10,11)12/h7-8H,1-4H2. The fourth-order valence-electron chi connectivity index (χ4n) is 1.64. The molecule has 2 atom stereocenters. The Labute approximate surface area is 74.9 Å². The van der Waals surface area contributed by atoms with E-state index in [1.807, 2.05) is 6.07 Å². The lowest BCUT2D eigenvalue weighted by Gasteiger charge is -2.28. The van der Waals surface area contributed by atoms with Crippen molar-refractivity contribution in [2.45, 2.75) is 25.4 Å². The smallest absolute Gasteiger partial charge is 0.198 e. The average molecular weight is 189 g/mol. The zero-order valence-corrected chi connectivity index (χ0v) is 7.06. The number of rotatable bonds is 0. The van der Waals surface area contributed by atoms with E-state index < -0.39 is 18.0 Å². The van der Waals surface area contributed by atoms with Gasteiger partial charge in [0.25, 0.3) is 0 Å². The summed E-state index contributed by atoms with van der Waals surface area (Å²) in [7, 11) is 0. The number of alkyl halides is 3. The van der Waals surface area contributed by atoms with Crippen LogP contribution in [0.15, 0.2) is 12.2 Å². The molecule has 0 amide bonds. The van der Waals surface area contributed by atoms with Gasteiger partial charge in [-0.25, -0.2) is 0 Å². The van der Waals surface area contributed by atoms with Crippen LogP contribution < -0.4 is 0 Å². The summed E-state index contributed by atoms with van der Waals surface area (Å²) in [5, 5.41) is 8.53. The van der Waals surface area contributed by atoms with E-state index in [4.69, 9.17) is 5.26 Å². The molecule has 13 heavy (non-hydrogen) atoms. The maximum absolute atomic E-state index is 12.3. The first-order valence-corrected chi connectivity index (χ1v) is 4.06. The van der Waals surface area contributed by atoms with E-state index in [1.54, 1.807) is 0 Å². The molecule has 1 aliphatic carbocycles. The number of halogens is 3. The molecule has 1 rings (SSSR count). The van der Waals surface area contributed by atoms with Gasteiger partial charge in [-0.3, -0.25) is 0 Å². The van der Waals surface area contributed by atoms with E-state index in [9.17, 15) is 13.2 Å². The van der Waals surface area contributed by atoms with Crippen molar-refractivity contribution in [2.75, 3.05) is 0 Å². The molecule has 0 aromatic heterocycles. The molecule has 0 radical (unpaired) electrons. The normalized spacial score (nSPS) is 29.8. The number of nitrogens with zero attached hydrogens (tertiary/aromatic N) is 1. The Morgan fingerprint density at radius 1 is 1.38 bits per heavy atom. The number of allylic oxidation sites excluding steroid dienone is 1. The van der Waals surface area contributed by atoms with Crippen LogP contribution in [0.4, 0.5) is 13.2 Å². The van der Waals surface area contributed by atoms with Crippen molar-refractivity contribution in [3.8, 4) is 6.07 Å². The molecular formula is C9H10F3N. The lowest BCUT2D eigenvalue weighted by Crippen LogP contribution is -2.29. The van der Waals surface area contributed by atoms with Gasteiger partial charge < -0.3 is 0 Å². The predicted octanol–water partition coefficient (Wildman–Crippen LogP) is 3.04. The van der Waals surface area contributed by atoms with Gasteiger partial charge in [-0.1, -0.05) is 12.2 Å². The minimum Gasteiger partial charge on any atom is -0.198 e. The summed E-state index contributed by atoms with van der Waals surface area (Å²) in [5.41, 5.74) is 0.542. The van der Waals surface area contributed by atoms with Crippen LogP contribution in [0.25, 0.3) is 0 Å². The third kappa shape index (κ3) is 2.48. The summed E-state index contributed by atoms with van der Waals surface area (Å²) in [5.74, 6) is -1.87. The molecular weight excluding hydrogens is 179 g/mol. The van der Waals surface area contributed by atoms with E-state index in [0.29, 0.717) is 12.0 Å². The molecule has 1 fully saturated rings. The molecule has 0 heterocycles. The van der Waals surface area contributed by atoms with E-state index in [2.05, 4.69) is 6.58 Å². The molecule has 1 nitrogen and oxygen atoms in total. The molecule has 0 saturated heterocycles. The van der Waals surface area contributed by atoms with Crippen molar-refractivity contribution in [3.63, 3.8) is 0 Å². The molecule has 0 aromatic carbocycles. The van der Waals surface area contributed by atoms with Crippen molar-refractivity contribution >= 4 is 0 Å². The monoisotopic (exact) mass is 189 g/mol. The molecule has 0 aromatic rings. The molecule has 4 heteroatoms. The Bertz CT molecular complexity index is 249. The van der Waals surface area contributed by atoms with Gasteiger partial charge in [0.05, 0.1) is 17.9 Å². The van der Waals surface area contributed by atoms with Crippen molar-refractivity contribution in [2.24, 2.45) is 11.8 Å². The van der Waals surface area contributed by atoms with Crippen molar-refractivity contribution in [1.82, 2.24) is 0 Å². The highest BCUT2D eigenvalue weighted by molar-refractivity contribution is 5.07. The van der Waals surface area contributed by atoms with Crippen LogP contribution >= 0.6 is 0 Å². The highest BCUT2D eigenvalue weighted by Gasteiger charge is 2.43. The molecule has 1 aliphatic rings. The van der Waals surface area contributed by atoms with Crippen LogP contribution in [-0.4, -0.2) is 6.18 Å². The average Bonchev–Trinajstić information content (AvgIpc) is 2.01. The van der Waals surface area contributed by atoms with Crippen LogP contribution in [0, 0.1) is 23.2 Å². The lowest BCUT2D eigenvalue weighted by atomic mass is 9.79. The summed E-state index contributed by atoms with van der Waals surface area (Å²) in [6, 6.07) is 1.88. The lowest BCUT2D eigenvalue weighted by molar-refractivity contribution is -0.180. The second-order valence-corrected chi connectivity index (χ2v) is 3.46. The Balaban J connectivity index is 2.69. The highest BCUT2D eigenvalue weighted by Crippen LogP contribution is 2.41. The van der Waals surface area contributed by atoms with Crippen molar-refractivity contribution < 1.29 is 13.2 Å². The summed E-state index contributed by atoms with van der Waals surface area (Å²) < 4.78 is 36.8. The number of nitriles is 1. The van der Waals surface area contributed by atoms with Gasteiger partial charge in [-0.2, -0.15) is 18.4 Å². The van der Waals surface area contributed by atoms with Crippen LogP contribution in [0.2, 0.25) is 0 Å². The first-order chi connectivity index (χ1) is 5.93. The maximum atomic E-state index is 12.3. The third-order valence-electron chi connectivity index (χ3n) is 2.28. The molecule has 0 spiro atoms. The predicted molar refractivity (Wildman–Crippen MR) is 41.6 cm³/mol. The molecule has 0 bridgehead atoms. The molecule has 1 saturated carbocycles. The summed E-state index contributed by atoms with van der Waals surface area (Å²) in [6.07, 6.45) is -3.85. The van der Waals surface area contributed by atoms with Crippen LogP contribution in [0.5, 0.6) is 0 Å². The van der Waals surface area contributed by atoms with Gasteiger partial charge in [-0.15, -0.1) is 0 Å². The second kappa shape index (κ2) is 3.41. The first-order valence-electron chi connectivity index (χ1n) is 4.06. The Kier molecular flexibility index (Phi) is 2.65. The number of hydrogen-bond donors (Lipinski definition) is 0. The van der Waals surface area contributed by atoms with Crippen LogP contribution in [0.3, 0.4) is 0 Å². The first kappa shape index (κ1) is 10.1. The zero-order valence-electron chi connectivity index (χ0n) is 7.06. The van der Waals surface area contributed by atoms with Gasteiger partial charge in [0.2, 0.25) is 0 Å². The molecule has 0 aliphatic heterocycles. The maximum Gasteiger partial charge on any atom is 0.392 e. The Morgan fingerprint density at radius 2 is 2.00 bits per heavy atom. The zero-order chi connectivity index (χ0) is 10.1. The highest BCUT2D eigenvalue weighted by atomic mass is 19.4. The van der Waals surface area contributed by atoms with E-state index >= 15 is 0 Å². The minimum atomic E-state index is -4.18. The molecule has 2 unspecified atom stereocenters. The minimum absolute atomic E-state index is 0.0122. The van der Waals surface area contributed by atoms with E-state index in [1.165, 1.54) is 0 Å². The Morgan fingerprint density at radius 3 is 2.46 bits per heavy atom. The SMILES string of the molecule is C=C1CC(C#N)CC(C(F)(F)F)C1. The van der Waals surface area contributed by atoms with Crippen LogP contribution in [-0.2, 0) is 0 Å².